The minimum atomic E-state index is -2.84. The Kier molecular flexibility index (Phi) is 7.22. The van der Waals surface area contributed by atoms with Gasteiger partial charge in [0.2, 0.25) is 11.8 Å². The van der Waals surface area contributed by atoms with Crippen LogP contribution in [-0.4, -0.2) is 28.9 Å². The van der Waals surface area contributed by atoms with Crippen molar-refractivity contribution in [3.05, 3.63) is 59.0 Å². The molecule has 37 heavy (non-hydrogen) atoms. The van der Waals surface area contributed by atoms with Crippen molar-refractivity contribution in [1.29, 1.82) is 0 Å². The van der Waals surface area contributed by atoms with Crippen LogP contribution in [-0.2, 0) is 6.61 Å². The van der Waals surface area contributed by atoms with Crippen LogP contribution in [0.15, 0.2) is 42.6 Å². The fraction of sp³-hybridized carbons (Fsp3) is 0.500. The molecule has 0 N–H and O–H groups in total. The minimum absolute atomic E-state index is 0.0390. The second kappa shape index (κ2) is 10.3. The van der Waals surface area contributed by atoms with Crippen molar-refractivity contribution in [3.8, 4) is 11.5 Å². The zero-order valence-electron chi connectivity index (χ0n) is 20.5. The summed E-state index contributed by atoms with van der Waals surface area (Å²) in [5, 5.41) is 0.721. The van der Waals surface area contributed by atoms with Crippen LogP contribution < -0.4 is 9.47 Å². The summed E-state index contributed by atoms with van der Waals surface area (Å²) in [5.74, 6) is -5.13. The molecule has 2 fully saturated rings. The second-order valence-corrected chi connectivity index (χ2v) is 10.6. The third-order valence-electron chi connectivity index (χ3n) is 7.84. The lowest BCUT2D eigenvalue weighted by Crippen LogP contribution is -2.38. The Morgan fingerprint density at radius 2 is 1.68 bits per heavy atom. The molecule has 0 aliphatic heterocycles. The molecule has 9 heteroatoms. The number of ether oxygens (including phenoxy) is 2. The lowest BCUT2D eigenvalue weighted by atomic mass is 9.65. The van der Waals surface area contributed by atoms with Gasteiger partial charge in [-0.25, -0.2) is 22.5 Å². The highest BCUT2D eigenvalue weighted by molar-refractivity contribution is 6.34. The number of rotatable bonds is 6. The lowest BCUT2D eigenvalue weighted by Gasteiger charge is -2.42. The molecule has 0 unspecified atom stereocenters. The third-order valence-corrected chi connectivity index (χ3v) is 8.12. The number of halogens is 5. The molecule has 2 aromatic heterocycles. The van der Waals surface area contributed by atoms with E-state index in [1.165, 1.54) is 6.20 Å². The number of methoxy groups -OCH3 is 1. The summed E-state index contributed by atoms with van der Waals surface area (Å²) >= 11 is 6.41. The molecule has 0 spiro atoms. The van der Waals surface area contributed by atoms with E-state index in [0.717, 1.165) is 11.3 Å². The maximum Gasteiger partial charge on any atom is 0.248 e. The van der Waals surface area contributed by atoms with E-state index >= 15 is 0 Å². The summed E-state index contributed by atoms with van der Waals surface area (Å²) in [5.41, 5.74) is 1.88. The van der Waals surface area contributed by atoms with Gasteiger partial charge in [-0.05, 0) is 54.9 Å². The first-order chi connectivity index (χ1) is 17.6. The van der Waals surface area contributed by atoms with Gasteiger partial charge in [0.15, 0.2) is 0 Å². The number of benzene rings is 1. The molecule has 0 amide bonds. The van der Waals surface area contributed by atoms with E-state index in [2.05, 4.69) is 4.98 Å². The van der Waals surface area contributed by atoms with Crippen LogP contribution in [0.4, 0.5) is 17.6 Å². The van der Waals surface area contributed by atoms with Crippen molar-refractivity contribution < 1.29 is 27.0 Å². The molecule has 5 rings (SSSR count). The minimum Gasteiger partial charge on any atom is -0.497 e. The Hall–Kier alpha value is -2.61. The van der Waals surface area contributed by atoms with Gasteiger partial charge in [0, 0.05) is 49.6 Å². The lowest BCUT2D eigenvalue weighted by molar-refractivity contribution is -0.0840. The number of hydrogen-bond acceptors (Lipinski definition) is 4. The predicted octanol–water partition coefficient (Wildman–Crippen LogP) is 8.22. The van der Waals surface area contributed by atoms with Crippen molar-refractivity contribution >= 4 is 22.5 Å². The van der Waals surface area contributed by atoms with Gasteiger partial charge in [-0.2, -0.15) is 0 Å². The van der Waals surface area contributed by atoms with E-state index in [4.69, 9.17) is 26.1 Å². The summed E-state index contributed by atoms with van der Waals surface area (Å²) in [6, 6.07) is 10.8. The quantitative estimate of drug-likeness (QED) is 0.235. The predicted molar refractivity (Wildman–Crippen MR) is 134 cm³/mol. The van der Waals surface area contributed by atoms with E-state index in [0.29, 0.717) is 35.2 Å². The zero-order valence-corrected chi connectivity index (χ0v) is 21.3. The van der Waals surface area contributed by atoms with Crippen molar-refractivity contribution in [3.63, 3.8) is 0 Å². The van der Waals surface area contributed by atoms with Crippen LogP contribution in [0.2, 0.25) is 5.15 Å². The Morgan fingerprint density at radius 1 is 0.973 bits per heavy atom. The van der Waals surface area contributed by atoms with Crippen LogP contribution in [0.25, 0.3) is 10.9 Å². The van der Waals surface area contributed by atoms with Gasteiger partial charge in [0.1, 0.15) is 23.3 Å². The molecular weight excluding hydrogens is 508 g/mol. The molecular formula is C28H29ClF4N2O2. The summed E-state index contributed by atoms with van der Waals surface area (Å²) in [7, 11) is 1.59. The number of nitrogens with zero attached hydrogens (tertiary/aromatic N) is 2. The summed E-state index contributed by atoms with van der Waals surface area (Å²) in [6.45, 7) is 0.218. The summed E-state index contributed by atoms with van der Waals surface area (Å²) in [6.07, 6.45) is 1.50. The van der Waals surface area contributed by atoms with Crippen LogP contribution in [0.3, 0.4) is 0 Å². The molecule has 2 saturated carbocycles. The number of aromatic nitrogens is 2. The first-order valence-corrected chi connectivity index (χ1v) is 13.0. The highest BCUT2D eigenvalue weighted by Crippen LogP contribution is 2.52. The Labute approximate surface area is 218 Å². The summed E-state index contributed by atoms with van der Waals surface area (Å²) < 4.78 is 68.4. The number of hydrogen-bond donors (Lipinski definition) is 0. The normalized spacial score (nSPS) is 23.6. The zero-order chi connectivity index (χ0) is 26.2. The molecule has 0 saturated heterocycles. The molecule has 1 aromatic carbocycles. The van der Waals surface area contributed by atoms with Crippen molar-refractivity contribution in [2.75, 3.05) is 7.11 Å². The first kappa shape index (κ1) is 26.0. The Morgan fingerprint density at radius 3 is 2.38 bits per heavy atom. The van der Waals surface area contributed by atoms with Crippen LogP contribution >= 0.6 is 11.6 Å². The average Bonchev–Trinajstić information content (AvgIpc) is 2.87. The van der Waals surface area contributed by atoms with Gasteiger partial charge in [-0.15, -0.1) is 0 Å². The molecule has 2 aliphatic rings. The number of pyridine rings is 2. The molecule has 0 bridgehead atoms. The van der Waals surface area contributed by atoms with E-state index < -0.39 is 17.8 Å². The summed E-state index contributed by atoms with van der Waals surface area (Å²) in [4.78, 5) is 8.89. The average molecular weight is 537 g/mol. The number of alkyl halides is 4. The molecule has 4 nitrogen and oxygen atoms in total. The monoisotopic (exact) mass is 536 g/mol. The highest BCUT2D eigenvalue weighted by Gasteiger charge is 2.47. The second-order valence-electron chi connectivity index (χ2n) is 10.2. The van der Waals surface area contributed by atoms with Crippen LogP contribution in [0, 0.1) is 11.8 Å². The fourth-order valence-electron chi connectivity index (χ4n) is 5.85. The maximum absolute atomic E-state index is 14.7. The third kappa shape index (κ3) is 5.79. The Balaban J connectivity index is 1.49. The largest absolute Gasteiger partial charge is 0.497 e. The topological polar surface area (TPSA) is 44.2 Å². The smallest absolute Gasteiger partial charge is 0.248 e. The standard InChI is InChI=1S/C28H29ClF4N2O2/c1-36-19-4-2-17(3-5-19)16-37-24-14-23(35-22-9-13-34-26(29)25(22)24)21-15-28(32,33)12-8-20(21)18-6-10-27(30,31)11-7-18/h2-5,9,13-14,18,20-21H,6-8,10-12,15-16H2,1H3/t20-,21+/m0/s1. The molecule has 198 valence electrons. The van der Waals surface area contributed by atoms with Gasteiger partial charge in [0.05, 0.1) is 18.0 Å². The Bertz CT molecular complexity index is 1240. The molecule has 2 aliphatic carbocycles. The van der Waals surface area contributed by atoms with Crippen molar-refractivity contribution in [2.45, 2.75) is 69.3 Å². The number of fused-ring (bicyclic) bond motifs is 1. The molecule has 2 atom stereocenters. The first-order valence-electron chi connectivity index (χ1n) is 12.6. The maximum atomic E-state index is 14.7. The van der Waals surface area contributed by atoms with Crippen molar-refractivity contribution in [1.82, 2.24) is 9.97 Å². The fourth-order valence-corrected chi connectivity index (χ4v) is 6.09. The molecule has 2 heterocycles. The van der Waals surface area contributed by atoms with E-state index in [1.54, 1.807) is 19.2 Å². The van der Waals surface area contributed by atoms with Gasteiger partial charge in [-0.3, -0.25) is 4.98 Å². The van der Waals surface area contributed by atoms with Gasteiger partial charge < -0.3 is 9.47 Å². The van der Waals surface area contributed by atoms with Gasteiger partial charge in [-0.1, -0.05) is 23.7 Å². The van der Waals surface area contributed by atoms with Crippen LogP contribution in [0.5, 0.6) is 11.5 Å². The molecule has 0 radical (unpaired) electrons. The van der Waals surface area contributed by atoms with E-state index in [-0.39, 0.29) is 55.7 Å². The molecule has 3 aromatic rings. The highest BCUT2D eigenvalue weighted by atomic mass is 35.5. The van der Waals surface area contributed by atoms with Crippen molar-refractivity contribution in [2.24, 2.45) is 11.8 Å². The van der Waals surface area contributed by atoms with Crippen LogP contribution in [0.1, 0.15) is 62.1 Å². The SMILES string of the molecule is COc1ccc(COc2cc([C@@H]3CC(F)(F)CC[C@H]3C3CCC(F)(F)CC3)nc3ccnc(Cl)c23)cc1. The van der Waals surface area contributed by atoms with E-state index in [9.17, 15) is 17.6 Å². The van der Waals surface area contributed by atoms with Gasteiger partial charge >= 0.3 is 0 Å². The van der Waals surface area contributed by atoms with Gasteiger partial charge in [0.25, 0.3) is 0 Å². The van der Waals surface area contributed by atoms with E-state index in [1.807, 2.05) is 24.3 Å².